The number of aryl methyl sites for hydroxylation is 1. The predicted molar refractivity (Wildman–Crippen MR) is 126 cm³/mol. The van der Waals surface area contributed by atoms with Crippen molar-refractivity contribution in [2.75, 3.05) is 36.4 Å². The first kappa shape index (κ1) is 21.4. The Morgan fingerprint density at radius 1 is 0.839 bits per heavy atom. The number of carbonyl (C=O) groups is 2. The Labute approximate surface area is 185 Å². The van der Waals surface area contributed by atoms with Crippen molar-refractivity contribution in [3.8, 4) is 0 Å². The SMILES string of the molecule is Cc1ccc(N2CCC(C(=O)Nc3ccccc3C(=O)N3CCCCCC3)CC2)cc1. The molecule has 0 aromatic heterocycles. The monoisotopic (exact) mass is 419 g/mol. The maximum absolute atomic E-state index is 13.1. The summed E-state index contributed by atoms with van der Waals surface area (Å²) in [6.45, 7) is 5.44. The Balaban J connectivity index is 1.38. The summed E-state index contributed by atoms with van der Waals surface area (Å²) in [6, 6.07) is 16.0. The zero-order chi connectivity index (χ0) is 21.6. The number of nitrogens with one attached hydrogen (secondary N) is 1. The molecule has 2 aromatic carbocycles. The van der Waals surface area contributed by atoms with Crippen LogP contribution in [-0.4, -0.2) is 42.9 Å². The molecule has 5 heteroatoms. The normalized spacial score (nSPS) is 17.8. The van der Waals surface area contributed by atoms with E-state index in [1.54, 1.807) is 0 Å². The van der Waals surface area contributed by atoms with Crippen LogP contribution in [0.15, 0.2) is 48.5 Å². The molecule has 1 N–H and O–H groups in total. The third-order valence-electron chi connectivity index (χ3n) is 6.57. The lowest BCUT2D eigenvalue weighted by Crippen LogP contribution is -2.38. The van der Waals surface area contributed by atoms with Crippen LogP contribution in [0.5, 0.6) is 0 Å². The number of nitrogens with zero attached hydrogens (tertiary/aromatic N) is 2. The van der Waals surface area contributed by atoms with E-state index in [2.05, 4.69) is 41.4 Å². The molecule has 0 radical (unpaired) electrons. The maximum atomic E-state index is 13.1. The highest BCUT2D eigenvalue weighted by Crippen LogP contribution is 2.26. The van der Waals surface area contributed by atoms with Crippen LogP contribution in [0.3, 0.4) is 0 Å². The highest BCUT2D eigenvalue weighted by Gasteiger charge is 2.27. The van der Waals surface area contributed by atoms with Crippen LogP contribution in [-0.2, 0) is 4.79 Å². The van der Waals surface area contributed by atoms with Crippen LogP contribution < -0.4 is 10.2 Å². The lowest BCUT2D eigenvalue weighted by Gasteiger charge is -2.33. The van der Waals surface area contributed by atoms with Crippen LogP contribution >= 0.6 is 0 Å². The van der Waals surface area contributed by atoms with E-state index >= 15 is 0 Å². The average Bonchev–Trinajstić information content (AvgIpc) is 3.09. The standard InChI is InChI=1S/C26H33N3O2/c1-20-10-12-22(13-11-20)28-18-14-21(15-19-28)25(30)27-24-9-5-4-8-23(24)26(31)29-16-6-2-3-7-17-29/h4-5,8-13,21H,2-3,6-7,14-19H2,1H3,(H,27,30). The van der Waals surface area contributed by atoms with E-state index in [4.69, 9.17) is 0 Å². The van der Waals surface area contributed by atoms with Gasteiger partial charge < -0.3 is 15.1 Å². The molecule has 2 amide bonds. The molecule has 2 fully saturated rings. The van der Waals surface area contributed by atoms with Gasteiger partial charge in [0.15, 0.2) is 0 Å². The van der Waals surface area contributed by atoms with Gasteiger partial charge in [0, 0.05) is 37.8 Å². The van der Waals surface area contributed by atoms with Gasteiger partial charge in [-0.05, 0) is 56.9 Å². The molecule has 2 aromatic rings. The van der Waals surface area contributed by atoms with Crippen molar-refractivity contribution < 1.29 is 9.59 Å². The summed E-state index contributed by atoms with van der Waals surface area (Å²) in [4.78, 5) is 30.4. The lowest BCUT2D eigenvalue weighted by atomic mass is 9.95. The fourth-order valence-electron chi connectivity index (χ4n) is 4.61. The van der Waals surface area contributed by atoms with E-state index in [0.29, 0.717) is 11.3 Å². The summed E-state index contributed by atoms with van der Waals surface area (Å²) in [7, 11) is 0. The molecule has 5 nitrogen and oxygen atoms in total. The highest BCUT2D eigenvalue weighted by molar-refractivity contribution is 6.04. The summed E-state index contributed by atoms with van der Waals surface area (Å²) in [5.41, 5.74) is 3.72. The summed E-state index contributed by atoms with van der Waals surface area (Å²) < 4.78 is 0. The van der Waals surface area contributed by atoms with Gasteiger partial charge in [-0.1, -0.05) is 42.7 Å². The molecule has 0 atom stereocenters. The van der Waals surface area contributed by atoms with Crippen LogP contribution in [0.25, 0.3) is 0 Å². The fourth-order valence-corrected chi connectivity index (χ4v) is 4.61. The van der Waals surface area contributed by atoms with Gasteiger partial charge in [0.2, 0.25) is 5.91 Å². The Hall–Kier alpha value is -2.82. The van der Waals surface area contributed by atoms with Crippen LogP contribution in [0.1, 0.15) is 54.4 Å². The number of piperidine rings is 1. The minimum atomic E-state index is -0.0250. The second-order valence-electron chi connectivity index (χ2n) is 8.84. The van der Waals surface area contributed by atoms with Gasteiger partial charge in [-0.25, -0.2) is 0 Å². The number of hydrogen-bond donors (Lipinski definition) is 1. The molecule has 164 valence electrons. The van der Waals surface area contributed by atoms with Crippen LogP contribution in [0.4, 0.5) is 11.4 Å². The van der Waals surface area contributed by atoms with E-state index < -0.39 is 0 Å². The summed E-state index contributed by atoms with van der Waals surface area (Å²) in [6.07, 6.45) is 6.12. The number of para-hydroxylation sites is 1. The van der Waals surface area contributed by atoms with Crippen molar-refractivity contribution in [1.29, 1.82) is 0 Å². The molecule has 0 spiro atoms. The minimum Gasteiger partial charge on any atom is -0.371 e. The number of rotatable bonds is 4. The molecule has 2 aliphatic rings. The molecule has 2 aliphatic heterocycles. The molecule has 4 rings (SSSR count). The maximum Gasteiger partial charge on any atom is 0.255 e. The molecule has 0 saturated carbocycles. The summed E-state index contributed by atoms with van der Waals surface area (Å²) in [5.74, 6) is 0.0368. The van der Waals surface area contributed by atoms with Crippen molar-refractivity contribution in [2.45, 2.75) is 45.4 Å². The van der Waals surface area contributed by atoms with E-state index in [9.17, 15) is 9.59 Å². The van der Waals surface area contributed by atoms with E-state index in [-0.39, 0.29) is 17.7 Å². The van der Waals surface area contributed by atoms with Gasteiger partial charge in [0.05, 0.1) is 11.3 Å². The molecular formula is C26H33N3O2. The van der Waals surface area contributed by atoms with Gasteiger partial charge in [0.25, 0.3) is 5.91 Å². The van der Waals surface area contributed by atoms with Gasteiger partial charge >= 0.3 is 0 Å². The first-order valence-electron chi connectivity index (χ1n) is 11.6. The van der Waals surface area contributed by atoms with Gasteiger partial charge in [-0.3, -0.25) is 9.59 Å². The van der Waals surface area contributed by atoms with Crippen molar-refractivity contribution in [1.82, 2.24) is 4.90 Å². The van der Waals surface area contributed by atoms with E-state index in [0.717, 1.165) is 51.9 Å². The molecular weight excluding hydrogens is 386 g/mol. The van der Waals surface area contributed by atoms with Crippen molar-refractivity contribution in [3.63, 3.8) is 0 Å². The Morgan fingerprint density at radius 2 is 1.48 bits per heavy atom. The summed E-state index contributed by atoms with van der Waals surface area (Å²) in [5, 5.41) is 3.07. The first-order valence-corrected chi connectivity index (χ1v) is 11.6. The highest BCUT2D eigenvalue weighted by atomic mass is 16.2. The second kappa shape index (κ2) is 9.99. The molecule has 0 unspecified atom stereocenters. The molecule has 0 bridgehead atoms. The third-order valence-corrected chi connectivity index (χ3v) is 6.57. The number of anilines is 2. The smallest absolute Gasteiger partial charge is 0.255 e. The van der Waals surface area contributed by atoms with E-state index in [1.807, 2.05) is 29.2 Å². The van der Waals surface area contributed by atoms with Crippen LogP contribution in [0.2, 0.25) is 0 Å². The van der Waals surface area contributed by atoms with Gasteiger partial charge in [-0.15, -0.1) is 0 Å². The fraction of sp³-hybridized carbons (Fsp3) is 0.462. The topological polar surface area (TPSA) is 52.7 Å². The summed E-state index contributed by atoms with van der Waals surface area (Å²) >= 11 is 0. The van der Waals surface area contributed by atoms with Crippen molar-refractivity contribution in [2.24, 2.45) is 5.92 Å². The minimum absolute atomic E-state index is 0.0250. The van der Waals surface area contributed by atoms with Gasteiger partial charge in [0.1, 0.15) is 0 Å². The average molecular weight is 420 g/mol. The first-order chi connectivity index (χ1) is 15.1. The zero-order valence-corrected chi connectivity index (χ0v) is 18.5. The third kappa shape index (κ3) is 5.27. The number of benzene rings is 2. The lowest BCUT2D eigenvalue weighted by molar-refractivity contribution is -0.120. The molecule has 31 heavy (non-hydrogen) atoms. The molecule has 2 heterocycles. The Kier molecular flexibility index (Phi) is 6.90. The van der Waals surface area contributed by atoms with Gasteiger partial charge in [-0.2, -0.15) is 0 Å². The number of carbonyl (C=O) groups excluding carboxylic acids is 2. The largest absolute Gasteiger partial charge is 0.371 e. The van der Waals surface area contributed by atoms with E-state index in [1.165, 1.54) is 24.1 Å². The van der Waals surface area contributed by atoms with Crippen molar-refractivity contribution in [3.05, 3.63) is 59.7 Å². The Morgan fingerprint density at radius 3 is 2.16 bits per heavy atom. The number of hydrogen-bond acceptors (Lipinski definition) is 3. The Bertz CT molecular complexity index is 893. The number of amides is 2. The predicted octanol–water partition coefficient (Wildman–Crippen LogP) is 4.87. The molecule has 0 aliphatic carbocycles. The number of likely N-dealkylation sites (tertiary alicyclic amines) is 1. The second-order valence-corrected chi connectivity index (χ2v) is 8.84. The van der Waals surface area contributed by atoms with Crippen molar-refractivity contribution >= 4 is 23.2 Å². The molecule has 2 saturated heterocycles. The quantitative estimate of drug-likeness (QED) is 0.769. The van der Waals surface area contributed by atoms with Crippen LogP contribution in [0, 0.1) is 12.8 Å². The zero-order valence-electron chi connectivity index (χ0n) is 18.5.